The summed E-state index contributed by atoms with van der Waals surface area (Å²) in [4.78, 5) is 12.2. The number of benzene rings is 2. The Balaban J connectivity index is 1.80. The smallest absolute Gasteiger partial charge is 0.303 e. The van der Waals surface area contributed by atoms with Gasteiger partial charge in [0.15, 0.2) is 5.71 Å². The number of rotatable bonds is 28. The molecule has 4 rings (SSSR count). The van der Waals surface area contributed by atoms with E-state index in [1.54, 1.807) is 51.3 Å². The van der Waals surface area contributed by atoms with Crippen LogP contribution in [0.25, 0.3) is 0 Å². The van der Waals surface area contributed by atoms with E-state index < -0.39 is 73.7 Å². The molecule has 0 fully saturated rings. The Morgan fingerprint density at radius 2 is 1.38 bits per heavy atom. The Morgan fingerprint density at radius 3 is 2.02 bits per heavy atom. The fourth-order valence-electron chi connectivity index (χ4n) is 8.30. The minimum atomic E-state index is -4.91. The van der Waals surface area contributed by atoms with Crippen molar-refractivity contribution in [2.45, 2.75) is 85.8 Å². The number of aliphatic carboxylic acids is 1. The van der Waals surface area contributed by atoms with Gasteiger partial charge in [0.25, 0.3) is 20.2 Å². The molecule has 2 atom stereocenters. The van der Waals surface area contributed by atoms with Crippen molar-refractivity contribution in [3.63, 3.8) is 0 Å². The van der Waals surface area contributed by atoms with Gasteiger partial charge in [-0.1, -0.05) is 18.2 Å². The van der Waals surface area contributed by atoms with Crippen molar-refractivity contribution < 1.29 is 80.6 Å². The predicted molar refractivity (Wildman–Crippen MR) is 238 cm³/mol. The Bertz CT molecular complexity index is 2610. The molecule has 3 N–H and O–H groups in total. The Labute approximate surface area is 381 Å². The number of carboxylic acid groups (broad SMARTS) is 1. The van der Waals surface area contributed by atoms with E-state index >= 15 is 0 Å². The SMILES string of the molecule is COCCOCCOCCN1/C(=C/C=C/C=C/C2=[N+](CCCCCC(=O)O)c3ccc(S(=O)(=O)[O-])cc3C2(C)CCCS(=O)(=O)[O-])C(C)(CCCS(=O)(=O)O)c2cc(S(=O)(=O)O)ccc21. The molecule has 23 heteroatoms. The van der Waals surface area contributed by atoms with Crippen LogP contribution in [-0.2, 0) is 70.3 Å². The van der Waals surface area contributed by atoms with Crippen LogP contribution in [0.1, 0.15) is 76.3 Å². The van der Waals surface area contributed by atoms with Crippen LogP contribution in [0.3, 0.4) is 0 Å². The summed E-state index contributed by atoms with van der Waals surface area (Å²) < 4.78 is 157. The van der Waals surface area contributed by atoms with Gasteiger partial charge in [0.05, 0.1) is 64.1 Å². The molecule has 0 spiro atoms. The maximum Gasteiger partial charge on any atom is 0.303 e. The second-order valence-corrected chi connectivity index (χ2v) is 22.0. The first-order valence-electron chi connectivity index (χ1n) is 20.8. The van der Waals surface area contributed by atoms with Crippen LogP contribution in [-0.4, -0.2) is 138 Å². The van der Waals surface area contributed by atoms with Crippen molar-refractivity contribution in [1.82, 2.24) is 0 Å². The molecular weight excluding hydrogens is 933 g/mol. The van der Waals surface area contributed by atoms with Crippen LogP contribution in [0.15, 0.2) is 82.3 Å². The molecule has 19 nitrogen and oxygen atoms in total. The third-order valence-corrected chi connectivity index (χ3v) is 14.7. The summed E-state index contributed by atoms with van der Waals surface area (Å²) >= 11 is 0. The van der Waals surface area contributed by atoms with E-state index in [-0.39, 0.29) is 56.8 Å². The van der Waals surface area contributed by atoms with Crippen molar-refractivity contribution in [3.8, 4) is 0 Å². The molecule has 2 aliphatic heterocycles. The summed E-state index contributed by atoms with van der Waals surface area (Å²) in [5.41, 5.74) is 0.989. The number of unbranched alkanes of at least 4 members (excludes halogenated alkanes) is 2. The first-order valence-corrected chi connectivity index (χ1v) is 26.8. The lowest BCUT2D eigenvalue weighted by molar-refractivity contribution is -0.438. The maximum absolute atomic E-state index is 12.3. The van der Waals surface area contributed by atoms with Crippen molar-refractivity contribution in [3.05, 3.63) is 83.6 Å². The maximum atomic E-state index is 12.3. The molecule has 2 heterocycles. The monoisotopic (exact) mass is 989 g/mol. The van der Waals surface area contributed by atoms with Crippen LogP contribution in [0.4, 0.5) is 11.4 Å². The fourth-order valence-corrected chi connectivity index (χ4v) is 10.3. The van der Waals surface area contributed by atoms with Crippen LogP contribution < -0.4 is 4.90 Å². The number of anilines is 1. The van der Waals surface area contributed by atoms with Gasteiger partial charge in [0.2, 0.25) is 5.69 Å². The standard InChI is InChI=1S/C42H58N2O17S4/c1-41(19-10-28-62(47,48)49)34-30-32(64(53,54)55)15-17-36(34)43(21-9-5-8-14-40(45)46)38(41)12-6-4-7-13-39-42(2,20-11-29-63(50,51)52)35-31-33(65(56,57)58)16-18-37(35)44(39)22-23-60-26-27-61-25-24-59-3/h4,6-7,12-13,15-18,30-31H,5,8-11,14,19-29H2,1-3H3,(H4-,45,46,47,48,49,50,51,52,53,54,55,56,57,58)/p-1. The predicted octanol–water partition coefficient (Wildman–Crippen LogP) is 4.29. The van der Waals surface area contributed by atoms with E-state index in [1.807, 2.05) is 9.48 Å². The van der Waals surface area contributed by atoms with Crippen LogP contribution in [0.2, 0.25) is 0 Å². The normalized spacial score (nSPS) is 19.9. The summed E-state index contributed by atoms with van der Waals surface area (Å²) in [5.74, 6) is -2.22. The molecular formula is C42H57N2O17S4-. The zero-order valence-corrected chi connectivity index (χ0v) is 39.7. The number of methoxy groups -OCH3 is 1. The number of nitrogens with zero attached hydrogens (tertiary/aromatic N) is 2. The Kier molecular flexibility index (Phi) is 18.8. The van der Waals surface area contributed by atoms with Crippen LogP contribution in [0, 0.1) is 0 Å². The van der Waals surface area contributed by atoms with Gasteiger partial charge >= 0.3 is 5.97 Å². The molecule has 2 unspecified atom stereocenters. The lowest BCUT2D eigenvalue weighted by Crippen LogP contribution is -2.32. The first-order chi connectivity index (χ1) is 30.3. The molecule has 65 heavy (non-hydrogen) atoms. The molecule has 362 valence electrons. The minimum absolute atomic E-state index is 0.0262. The molecule has 0 aromatic heterocycles. The van der Waals surface area contributed by atoms with Gasteiger partial charge in [-0.3, -0.25) is 13.9 Å². The van der Waals surface area contributed by atoms with Gasteiger partial charge in [0, 0.05) is 66.8 Å². The molecule has 2 aliphatic rings. The third kappa shape index (κ3) is 15.1. The summed E-state index contributed by atoms with van der Waals surface area (Å²) in [7, 11) is -17.0. The molecule has 0 radical (unpaired) electrons. The third-order valence-electron chi connectivity index (χ3n) is 11.4. The van der Waals surface area contributed by atoms with Crippen molar-refractivity contribution >= 4 is 63.5 Å². The number of fused-ring (bicyclic) bond motifs is 2. The van der Waals surface area contributed by atoms with E-state index in [1.165, 1.54) is 36.4 Å². The second-order valence-electron chi connectivity index (χ2n) is 16.1. The number of carbonyl (C=O) groups is 1. The van der Waals surface area contributed by atoms with Gasteiger partial charge < -0.3 is 33.3 Å². The highest BCUT2D eigenvalue weighted by Gasteiger charge is 2.48. The molecule has 0 amide bonds. The van der Waals surface area contributed by atoms with Gasteiger partial charge in [-0.05, 0) is 94.3 Å². The summed E-state index contributed by atoms with van der Waals surface area (Å²) in [6, 6.07) is 8.03. The highest BCUT2D eigenvalue weighted by molar-refractivity contribution is 7.86. The molecule has 0 aliphatic carbocycles. The quantitative estimate of drug-likeness (QED) is 0.0464. The fraction of sp³-hybridized carbons (Fsp3) is 0.524. The topological polar surface area (TPSA) is 294 Å². The molecule has 0 saturated heterocycles. The summed E-state index contributed by atoms with van der Waals surface area (Å²) in [5, 5.41) is 9.14. The number of allylic oxidation sites excluding steroid dienone is 6. The van der Waals surface area contributed by atoms with Gasteiger partial charge in [-0.2, -0.15) is 21.4 Å². The lowest BCUT2D eigenvalue weighted by atomic mass is 9.76. The average Bonchev–Trinajstić information content (AvgIpc) is 3.56. The van der Waals surface area contributed by atoms with E-state index in [0.29, 0.717) is 79.5 Å². The van der Waals surface area contributed by atoms with Gasteiger partial charge in [-0.15, -0.1) is 0 Å². The lowest BCUT2D eigenvalue weighted by Gasteiger charge is -2.30. The molecule has 0 saturated carbocycles. The molecule has 2 aromatic rings. The van der Waals surface area contributed by atoms with Gasteiger partial charge in [-0.25, -0.2) is 16.8 Å². The van der Waals surface area contributed by atoms with E-state index in [4.69, 9.17) is 19.3 Å². The summed E-state index contributed by atoms with van der Waals surface area (Å²) in [6.45, 7) is 5.64. The average molecular weight is 990 g/mol. The van der Waals surface area contributed by atoms with Crippen molar-refractivity contribution in [1.29, 1.82) is 0 Å². The van der Waals surface area contributed by atoms with Crippen molar-refractivity contribution in [2.75, 3.05) is 69.6 Å². The molecule has 0 bridgehead atoms. The molecule has 2 aromatic carbocycles. The number of hydrogen-bond acceptors (Lipinski definition) is 15. The summed E-state index contributed by atoms with van der Waals surface area (Å²) in [6.07, 6.45) is 9.95. The van der Waals surface area contributed by atoms with Crippen LogP contribution in [0.5, 0.6) is 0 Å². The number of hydrogen-bond donors (Lipinski definition) is 3. The zero-order chi connectivity index (χ0) is 48.3. The Hall–Kier alpha value is -3.88. The van der Waals surface area contributed by atoms with E-state index in [2.05, 4.69) is 0 Å². The van der Waals surface area contributed by atoms with Crippen molar-refractivity contribution in [2.24, 2.45) is 0 Å². The number of ether oxygens (including phenoxy) is 3. The van der Waals surface area contributed by atoms with Gasteiger partial charge in [0.1, 0.15) is 16.7 Å². The largest absolute Gasteiger partial charge is 0.748 e. The highest BCUT2D eigenvalue weighted by Crippen LogP contribution is 2.51. The van der Waals surface area contributed by atoms with Crippen LogP contribution >= 0.6 is 0 Å². The van der Waals surface area contributed by atoms with E-state index in [9.17, 15) is 56.7 Å². The highest BCUT2D eigenvalue weighted by atomic mass is 32.2. The second kappa shape index (κ2) is 22.7. The Morgan fingerprint density at radius 1 is 0.754 bits per heavy atom. The number of carboxylic acids is 1. The minimum Gasteiger partial charge on any atom is -0.748 e. The zero-order valence-electron chi connectivity index (χ0n) is 36.5. The van der Waals surface area contributed by atoms with E-state index in [0.717, 1.165) is 0 Å². The first kappa shape index (κ1) is 53.7.